The summed E-state index contributed by atoms with van der Waals surface area (Å²) in [5.74, 6) is 0.520. The number of rotatable bonds is 0. The molecule has 1 aliphatic heterocycles. The zero-order chi connectivity index (χ0) is 6.97. The number of allylic oxidation sites excluding steroid dienone is 1. The number of hydrogen-bond acceptors (Lipinski definition) is 2. The lowest BCUT2D eigenvalue weighted by atomic mass is 9.87. The van der Waals surface area contributed by atoms with Crippen LogP contribution in [0.25, 0.3) is 0 Å². The van der Waals surface area contributed by atoms with Gasteiger partial charge in [0.05, 0.1) is 13.2 Å². The van der Waals surface area contributed by atoms with E-state index in [9.17, 15) is 4.79 Å². The van der Waals surface area contributed by atoms with Crippen LogP contribution in [-0.2, 0) is 9.53 Å². The molecule has 1 saturated heterocycles. The molecule has 2 aliphatic rings. The van der Waals surface area contributed by atoms with Crippen LogP contribution in [0.3, 0.4) is 0 Å². The summed E-state index contributed by atoms with van der Waals surface area (Å²) in [6.07, 6.45) is 4.06. The number of Topliss-reactive ketones (excluding diaryl/α,β-unsaturated/α-hetero) is 1. The third-order valence-corrected chi connectivity index (χ3v) is 2.17. The van der Waals surface area contributed by atoms with E-state index in [1.807, 2.05) is 6.08 Å². The van der Waals surface area contributed by atoms with Crippen molar-refractivity contribution in [2.45, 2.75) is 12.8 Å². The molecule has 1 aliphatic carbocycles. The van der Waals surface area contributed by atoms with Gasteiger partial charge in [-0.1, -0.05) is 6.08 Å². The fourth-order valence-corrected chi connectivity index (χ4v) is 1.55. The second kappa shape index (κ2) is 2.20. The maximum atomic E-state index is 11.3. The molecule has 2 rings (SSSR count). The first-order chi connectivity index (χ1) is 4.88. The Balaban J connectivity index is 2.29. The molecule has 0 saturated carbocycles. The fraction of sp³-hybridized carbons (Fsp3) is 0.625. The van der Waals surface area contributed by atoms with E-state index in [4.69, 9.17) is 4.74 Å². The zero-order valence-electron chi connectivity index (χ0n) is 5.80. The molecule has 2 nitrogen and oxygen atoms in total. The zero-order valence-corrected chi connectivity index (χ0v) is 5.80. The molecule has 0 aromatic heterocycles. The van der Waals surface area contributed by atoms with Crippen LogP contribution in [0.1, 0.15) is 12.8 Å². The first-order valence-corrected chi connectivity index (χ1v) is 3.69. The van der Waals surface area contributed by atoms with Crippen molar-refractivity contribution in [2.75, 3.05) is 13.2 Å². The molecule has 0 aromatic rings. The highest BCUT2D eigenvalue weighted by Crippen LogP contribution is 2.24. The largest absolute Gasteiger partial charge is 0.376 e. The minimum absolute atomic E-state index is 0.189. The third kappa shape index (κ3) is 0.797. The Labute approximate surface area is 59.9 Å². The number of carbonyl (C=O) groups excluding carboxylic acids is 1. The first-order valence-electron chi connectivity index (χ1n) is 3.69. The minimum Gasteiger partial charge on any atom is -0.376 e. The van der Waals surface area contributed by atoms with Gasteiger partial charge in [0.25, 0.3) is 0 Å². The maximum absolute atomic E-state index is 11.3. The molecule has 2 bridgehead atoms. The average Bonchev–Trinajstić information content (AvgIpc) is 1.86. The Morgan fingerprint density at radius 3 is 3.20 bits per heavy atom. The van der Waals surface area contributed by atoms with Crippen LogP contribution in [0.15, 0.2) is 11.6 Å². The Morgan fingerprint density at radius 1 is 1.60 bits per heavy atom. The van der Waals surface area contributed by atoms with Gasteiger partial charge < -0.3 is 4.74 Å². The third-order valence-electron chi connectivity index (χ3n) is 2.17. The highest BCUT2D eigenvalue weighted by atomic mass is 16.5. The molecular formula is C8H10O2. The van der Waals surface area contributed by atoms with Gasteiger partial charge in [0.2, 0.25) is 0 Å². The van der Waals surface area contributed by atoms with Crippen molar-refractivity contribution in [3.8, 4) is 0 Å². The van der Waals surface area contributed by atoms with Crippen LogP contribution < -0.4 is 0 Å². The van der Waals surface area contributed by atoms with E-state index in [1.54, 1.807) is 0 Å². The van der Waals surface area contributed by atoms with Gasteiger partial charge in [-0.2, -0.15) is 0 Å². The Bertz CT molecular complexity index is 193. The number of carbonyl (C=O) groups is 1. The second-order valence-electron chi connectivity index (χ2n) is 2.88. The van der Waals surface area contributed by atoms with Crippen LogP contribution in [0.2, 0.25) is 0 Å². The number of ketones is 1. The molecule has 0 N–H and O–H groups in total. The monoisotopic (exact) mass is 138 g/mol. The highest BCUT2D eigenvalue weighted by molar-refractivity contribution is 5.98. The Kier molecular flexibility index (Phi) is 1.34. The van der Waals surface area contributed by atoms with E-state index < -0.39 is 0 Å². The van der Waals surface area contributed by atoms with E-state index in [2.05, 4.69) is 0 Å². The van der Waals surface area contributed by atoms with E-state index in [-0.39, 0.29) is 5.92 Å². The van der Waals surface area contributed by atoms with E-state index >= 15 is 0 Å². The summed E-state index contributed by atoms with van der Waals surface area (Å²) in [5, 5.41) is 0. The molecular weight excluding hydrogens is 128 g/mol. The quantitative estimate of drug-likeness (QED) is 0.497. The molecule has 1 fully saturated rings. The Hall–Kier alpha value is -0.630. The molecule has 1 heterocycles. The number of fused-ring (bicyclic) bond motifs is 2. The van der Waals surface area contributed by atoms with Crippen molar-refractivity contribution in [1.29, 1.82) is 0 Å². The smallest absolute Gasteiger partial charge is 0.166 e. The SMILES string of the molecule is O=C1C2=CCCC1COC2. The van der Waals surface area contributed by atoms with Gasteiger partial charge in [-0.05, 0) is 12.8 Å². The number of ether oxygens (including phenoxy) is 1. The Morgan fingerprint density at radius 2 is 2.50 bits per heavy atom. The predicted octanol–water partition coefficient (Wildman–Crippen LogP) is 0.922. The summed E-state index contributed by atoms with van der Waals surface area (Å²) in [6.45, 7) is 1.20. The summed E-state index contributed by atoms with van der Waals surface area (Å²) < 4.78 is 5.22. The lowest BCUT2D eigenvalue weighted by molar-refractivity contribution is -0.125. The van der Waals surface area contributed by atoms with Gasteiger partial charge in [0.15, 0.2) is 5.78 Å². The first kappa shape index (κ1) is 6.10. The summed E-state index contributed by atoms with van der Waals surface area (Å²) in [5.41, 5.74) is 0.905. The van der Waals surface area contributed by atoms with Gasteiger partial charge in [0.1, 0.15) is 0 Å². The van der Waals surface area contributed by atoms with Crippen molar-refractivity contribution in [3.05, 3.63) is 11.6 Å². The van der Waals surface area contributed by atoms with Crippen molar-refractivity contribution < 1.29 is 9.53 Å². The van der Waals surface area contributed by atoms with E-state index in [0.717, 1.165) is 18.4 Å². The molecule has 10 heavy (non-hydrogen) atoms. The topological polar surface area (TPSA) is 26.3 Å². The van der Waals surface area contributed by atoms with E-state index in [0.29, 0.717) is 19.0 Å². The molecule has 0 spiro atoms. The fourth-order valence-electron chi connectivity index (χ4n) is 1.55. The van der Waals surface area contributed by atoms with Crippen LogP contribution in [0.4, 0.5) is 0 Å². The second-order valence-corrected chi connectivity index (χ2v) is 2.88. The van der Waals surface area contributed by atoms with Gasteiger partial charge >= 0.3 is 0 Å². The van der Waals surface area contributed by atoms with Crippen molar-refractivity contribution in [3.63, 3.8) is 0 Å². The molecule has 1 atom stereocenters. The molecule has 1 unspecified atom stereocenters. The normalized spacial score (nSPS) is 31.8. The lowest BCUT2D eigenvalue weighted by Crippen LogP contribution is -2.32. The van der Waals surface area contributed by atoms with Crippen molar-refractivity contribution >= 4 is 5.78 Å². The summed E-state index contributed by atoms with van der Waals surface area (Å²) in [4.78, 5) is 11.3. The standard InChI is InChI=1S/C8H10O2/c9-8-6-2-1-3-7(8)5-10-4-6/h2,7H,1,3-5H2. The summed E-state index contributed by atoms with van der Waals surface area (Å²) >= 11 is 0. The van der Waals surface area contributed by atoms with Crippen LogP contribution in [-0.4, -0.2) is 19.0 Å². The van der Waals surface area contributed by atoms with E-state index in [1.165, 1.54) is 0 Å². The summed E-state index contributed by atoms with van der Waals surface area (Å²) in [7, 11) is 0. The van der Waals surface area contributed by atoms with Gasteiger partial charge in [0, 0.05) is 11.5 Å². The van der Waals surface area contributed by atoms with Crippen LogP contribution in [0, 0.1) is 5.92 Å². The maximum Gasteiger partial charge on any atom is 0.166 e. The summed E-state index contributed by atoms with van der Waals surface area (Å²) in [6, 6.07) is 0. The van der Waals surface area contributed by atoms with Gasteiger partial charge in [-0.3, -0.25) is 4.79 Å². The average molecular weight is 138 g/mol. The van der Waals surface area contributed by atoms with Gasteiger partial charge in [-0.25, -0.2) is 0 Å². The lowest BCUT2D eigenvalue weighted by Gasteiger charge is -2.26. The molecule has 2 heteroatoms. The highest BCUT2D eigenvalue weighted by Gasteiger charge is 2.29. The van der Waals surface area contributed by atoms with Gasteiger partial charge in [-0.15, -0.1) is 0 Å². The number of hydrogen-bond donors (Lipinski definition) is 0. The van der Waals surface area contributed by atoms with Crippen LogP contribution in [0.5, 0.6) is 0 Å². The molecule has 0 radical (unpaired) electrons. The predicted molar refractivity (Wildman–Crippen MR) is 36.6 cm³/mol. The molecule has 0 amide bonds. The van der Waals surface area contributed by atoms with Crippen molar-refractivity contribution in [2.24, 2.45) is 5.92 Å². The van der Waals surface area contributed by atoms with Crippen LogP contribution >= 0.6 is 0 Å². The van der Waals surface area contributed by atoms with Crippen molar-refractivity contribution in [1.82, 2.24) is 0 Å². The molecule has 54 valence electrons. The minimum atomic E-state index is 0.189. The molecule has 0 aromatic carbocycles.